The van der Waals surface area contributed by atoms with Gasteiger partial charge in [0, 0.05) is 6.07 Å². The number of hydrogen-bond acceptors (Lipinski definition) is 6. The van der Waals surface area contributed by atoms with E-state index in [-0.39, 0.29) is 5.91 Å². The summed E-state index contributed by atoms with van der Waals surface area (Å²) in [5.41, 5.74) is 4.58. The highest BCUT2D eigenvalue weighted by atomic mass is 16.5. The Balaban J connectivity index is 1.48. The maximum absolute atomic E-state index is 12.9. The Morgan fingerprint density at radius 2 is 1.80 bits per heavy atom. The van der Waals surface area contributed by atoms with Gasteiger partial charge in [-0.15, -0.1) is 0 Å². The number of carbonyl (C=O) groups is 1. The number of aryl methyl sites for hydroxylation is 3. The van der Waals surface area contributed by atoms with E-state index in [4.69, 9.17) is 4.74 Å². The number of nitrogens with zero attached hydrogens (tertiary/aromatic N) is 6. The van der Waals surface area contributed by atoms with Gasteiger partial charge in [-0.05, 0) is 51.5 Å². The summed E-state index contributed by atoms with van der Waals surface area (Å²) in [6.07, 6.45) is 2.48. The molecule has 3 heterocycles. The molecule has 35 heavy (non-hydrogen) atoms. The molecule has 1 N–H and O–H groups in total. The molecule has 0 aliphatic heterocycles. The molecule has 2 aromatic carbocycles. The van der Waals surface area contributed by atoms with Gasteiger partial charge in [-0.2, -0.15) is 14.9 Å². The SMILES string of the molecule is Cc1ccc(-n2ncc3c(-n4nc(C)cc4NC(=O)[C@H](C)Oc4ccccc4)ncnc32)c(C)c1. The summed E-state index contributed by atoms with van der Waals surface area (Å²) in [7, 11) is 0. The van der Waals surface area contributed by atoms with E-state index in [9.17, 15) is 4.79 Å². The number of fused-ring (bicyclic) bond motifs is 1. The van der Waals surface area contributed by atoms with Gasteiger partial charge in [0.15, 0.2) is 17.6 Å². The fourth-order valence-corrected chi connectivity index (χ4v) is 3.95. The van der Waals surface area contributed by atoms with Gasteiger partial charge in [0.05, 0.1) is 23.0 Å². The van der Waals surface area contributed by atoms with Gasteiger partial charge in [-0.1, -0.05) is 35.9 Å². The van der Waals surface area contributed by atoms with Crippen LogP contribution in [0.1, 0.15) is 23.7 Å². The first-order valence-corrected chi connectivity index (χ1v) is 11.3. The minimum atomic E-state index is -0.710. The molecule has 0 bridgehead atoms. The molecule has 9 heteroatoms. The molecule has 0 radical (unpaired) electrons. The van der Waals surface area contributed by atoms with Gasteiger partial charge in [-0.3, -0.25) is 4.79 Å². The first-order valence-electron chi connectivity index (χ1n) is 11.3. The van der Waals surface area contributed by atoms with E-state index in [0.717, 1.165) is 16.9 Å². The van der Waals surface area contributed by atoms with E-state index in [1.54, 1.807) is 28.6 Å². The molecule has 0 unspecified atom stereocenters. The summed E-state index contributed by atoms with van der Waals surface area (Å²) in [6, 6.07) is 17.2. The van der Waals surface area contributed by atoms with Crippen LogP contribution in [0.2, 0.25) is 0 Å². The van der Waals surface area contributed by atoms with Crippen molar-refractivity contribution < 1.29 is 9.53 Å². The third-order valence-corrected chi connectivity index (χ3v) is 5.63. The van der Waals surface area contributed by atoms with Crippen LogP contribution in [0.3, 0.4) is 0 Å². The van der Waals surface area contributed by atoms with Crippen LogP contribution in [-0.2, 0) is 4.79 Å². The second kappa shape index (κ2) is 9.02. The van der Waals surface area contributed by atoms with Crippen LogP contribution in [-0.4, -0.2) is 41.5 Å². The quantitative estimate of drug-likeness (QED) is 0.399. The molecule has 5 rings (SSSR count). The van der Waals surface area contributed by atoms with Crippen LogP contribution in [0.5, 0.6) is 5.75 Å². The summed E-state index contributed by atoms with van der Waals surface area (Å²) in [5, 5.41) is 12.8. The number of rotatable bonds is 6. The monoisotopic (exact) mass is 467 g/mol. The van der Waals surface area contributed by atoms with Crippen molar-refractivity contribution in [3.05, 3.63) is 83.9 Å². The molecule has 5 aromatic rings. The Kier molecular flexibility index (Phi) is 5.74. The molecule has 0 aliphatic carbocycles. The largest absolute Gasteiger partial charge is 0.481 e. The predicted octanol–water partition coefficient (Wildman–Crippen LogP) is 4.33. The van der Waals surface area contributed by atoms with Crippen molar-refractivity contribution in [3.63, 3.8) is 0 Å². The highest BCUT2D eigenvalue weighted by molar-refractivity contribution is 5.94. The van der Waals surface area contributed by atoms with E-state index >= 15 is 0 Å². The van der Waals surface area contributed by atoms with E-state index in [1.165, 1.54) is 11.9 Å². The number of para-hydroxylation sites is 1. The van der Waals surface area contributed by atoms with E-state index in [2.05, 4.69) is 38.5 Å². The lowest BCUT2D eigenvalue weighted by Gasteiger charge is -2.15. The number of benzene rings is 2. The average molecular weight is 468 g/mol. The van der Waals surface area contributed by atoms with E-state index < -0.39 is 6.10 Å². The zero-order valence-electron chi connectivity index (χ0n) is 19.9. The van der Waals surface area contributed by atoms with Crippen LogP contribution in [0.25, 0.3) is 22.5 Å². The number of hydrogen-bond donors (Lipinski definition) is 1. The number of amides is 1. The Bertz CT molecular complexity index is 1520. The zero-order chi connectivity index (χ0) is 24.5. The predicted molar refractivity (Wildman–Crippen MR) is 133 cm³/mol. The van der Waals surface area contributed by atoms with Crippen molar-refractivity contribution >= 4 is 22.8 Å². The number of anilines is 1. The Labute approximate surface area is 202 Å². The van der Waals surface area contributed by atoms with Crippen LogP contribution in [0.4, 0.5) is 5.82 Å². The van der Waals surface area contributed by atoms with Crippen LogP contribution in [0.15, 0.2) is 67.1 Å². The summed E-state index contributed by atoms with van der Waals surface area (Å²) in [4.78, 5) is 21.8. The summed E-state index contributed by atoms with van der Waals surface area (Å²) in [6.45, 7) is 7.65. The van der Waals surface area contributed by atoms with Crippen molar-refractivity contribution in [3.8, 4) is 17.3 Å². The molecule has 0 fully saturated rings. The topological polar surface area (TPSA) is 99.8 Å². The summed E-state index contributed by atoms with van der Waals surface area (Å²) in [5.74, 6) is 1.32. The molecule has 0 aliphatic rings. The zero-order valence-corrected chi connectivity index (χ0v) is 19.9. The fourth-order valence-electron chi connectivity index (χ4n) is 3.95. The van der Waals surface area contributed by atoms with Crippen molar-refractivity contribution in [2.45, 2.75) is 33.8 Å². The van der Waals surface area contributed by atoms with Crippen molar-refractivity contribution in [1.29, 1.82) is 0 Å². The normalized spacial score (nSPS) is 12.0. The maximum Gasteiger partial charge on any atom is 0.266 e. The lowest BCUT2D eigenvalue weighted by atomic mass is 10.1. The Morgan fingerprint density at radius 3 is 2.57 bits per heavy atom. The second-order valence-electron chi connectivity index (χ2n) is 8.43. The lowest BCUT2D eigenvalue weighted by molar-refractivity contribution is -0.122. The Hall–Kier alpha value is -4.53. The van der Waals surface area contributed by atoms with Crippen LogP contribution >= 0.6 is 0 Å². The van der Waals surface area contributed by atoms with Gasteiger partial charge < -0.3 is 10.1 Å². The highest BCUT2D eigenvalue weighted by Crippen LogP contribution is 2.25. The molecule has 3 aromatic heterocycles. The van der Waals surface area contributed by atoms with Crippen molar-refractivity contribution in [1.82, 2.24) is 29.5 Å². The standard InChI is InChI=1S/C26H25N7O2/c1-16-10-11-22(17(2)12-16)32-24-21(14-29-32)25(28-15-27-24)33-23(13-18(3)31-33)30-26(34)19(4)35-20-8-6-5-7-9-20/h5-15,19H,1-4H3,(H,30,34)/t19-/m0/s1. The smallest absolute Gasteiger partial charge is 0.266 e. The summed E-state index contributed by atoms with van der Waals surface area (Å²) >= 11 is 0. The third-order valence-electron chi connectivity index (χ3n) is 5.63. The lowest BCUT2D eigenvalue weighted by Crippen LogP contribution is -2.31. The molecule has 176 valence electrons. The van der Waals surface area contributed by atoms with Gasteiger partial charge in [0.2, 0.25) is 0 Å². The summed E-state index contributed by atoms with van der Waals surface area (Å²) < 4.78 is 9.15. The van der Waals surface area contributed by atoms with Gasteiger partial charge in [-0.25, -0.2) is 14.6 Å². The second-order valence-corrected chi connectivity index (χ2v) is 8.43. The highest BCUT2D eigenvalue weighted by Gasteiger charge is 2.21. The average Bonchev–Trinajstić information content (AvgIpc) is 3.43. The van der Waals surface area contributed by atoms with E-state index in [1.807, 2.05) is 56.3 Å². The van der Waals surface area contributed by atoms with Crippen molar-refractivity contribution in [2.75, 3.05) is 5.32 Å². The van der Waals surface area contributed by atoms with Gasteiger partial charge in [0.1, 0.15) is 17.9 Å². The number of ether oxygens (including phenoxy) is 1. The van der Waals surface area contributed by atoms with Crippen LogP contribution < -0.4 is 10.1 Å². The first kappa shape index (κ1) is 22.3. The molecule has 1 amide bonds. The van der Waals surface area contributed by atoms with E-state index in [0.29, 0.717) is 28.4 Å². The molecular weight excluding hydrogens is 442 g/mol. The molecule has 0 saturated heterocycles. The van der Waals surface area contributed by atoms with Crippen LogP contribution in [0, 0.1) is 20.8 Å². The first-order chi connectivity index (χ1) is 16.9. The maximum atomic E-state index is 12.9. The molecule has 9 nitrogen and oxygen atoms in total. The number of nitrogens with one attached hydrogen (secondary N) is 1. The molecule has 0 spiro atoms. The van der Waals surface area contributed by atoms with Crippen molar-refractivity contribution in [2.24, 2.45) is 0 Å². The molecule has 0 saturated carbocycles. The van der Waals surface area contributed by atoms with Gasteiger partial charge in [0.25, 0.3) is 5.91 Å². The number of carbonyl (C=O) groups excluding carboxylic acids is 1. The minimum absolute atomic E-state index is 0.300. The Morgan fingerprint density at radius 1 is 1.00 bits per heavy atom. The minimum Gasteiger partial charge on any atom is -0.481 e. The third kappa shape index (κ3) is 4.35. The molecular formula is C26H25N7O2. The fraction of sp³-hybridized carbons (Fsp3) is 0.192. The molecule has 1 atom stereocenters. The van der Waals surface area contributed by atoms with Gasteiger partial charge >= 0.3 is 0 Å². The number of aromatic nitrogens is 6.